The van der Waals surface area contributed by atoms with Gasteiger partial charge in [-0.05, 0) is 38.1 Å². The Kier molecular flexibility index (Phi) is 4.38. The Balaban J connectivity index is 2.05. The van der Waals surface area contributed by atoms with Gasteiger partial charge in [0.1, 0.15) is 5.82 Å². The molecular weight excluding hydrogens is 259 g/mol. The summed E-state index contributed by atoms with van der Waals surface area (Å²) < 4.78 is 13.6. The Morgan fingerprint density at radius 1 is 1.05 bits per heavy atom. The molecule has 2 rings (SSSR count). The molecule has 0 bridgehead atoms. The van der Waals surface area contributed by atoms with E-state index in [0.29, 0.717) is 0 Å². The van der Waals surface area contributed by atoms with Gasteiger partial charge in [0.2, 0.25) is 0 Å². The van der Waals surface area contributed by atoms with Gasteiger partial charge in [0, 0.05) is 4.90 Å². The lowest BCUT2D eigenvalue weighted by Gasteiger charge is -2.04. The van der Waals surface area contributed by atoms with Crippen LogP contribution in [0.4, 0.5) is 4.39 Å². The molecule has 0 heterocycles. The van der Waals surface area contributed by atoms with Crippen molar-refractivity contribution in [1.82, 2.24) is 0 Å². The van der Waals surface area contributed by atoms with Gasteiger partial charge in [-0.15, -0.1) is 11.8 Å². The van der Waals surface area contributed by atoms with Crippen LogP contribution < -0.4 is 0 Å². The molecule has 0 spiro atoms. The Labute approximate surface area is 116 Å². The Morgan fingerprint density at radius 2 is 1.68 bits per heavy atom. The molecule has 0 aliphatic carbocycles. The Bertz CT molecular complexity index is 590. The van der Waals surface area contributed by atoms with Crippen molar-refractivity contribution in [3.05, 3.63) is 65.0 Å². The second-order valence-electron chi connectivity index (χ2n) is 4.51. The summed E-state index contributed by atoms with van der Waals surface area (Å²) in [6, 6.07) is 12.6. The molecule has 98 valence electrons. The van der Waals surface area contributed by atoms with Crippen molar-refractivity contribution >= 4 is 17.5 Å². The Hall–Kier alpha value is -1.61. The zero-order valence-electron chi connectivity index (χ0n) is 10.9. The number of halogens is 1. The van der Waals surface area contributed by atoms with Crippen molar-refractivity contribution in [2.45, 2.75) is 18.7 Å². The molecule has 3 heteroatoms. The molecule has 0 aliphatic heterocycles. The fourth-order valence-electron chi connectivity index (χ4n) is 1.71. The lowest BCUT2D eigenvalue weighted by molar-refractivity contribution is 0.101. The normalized spacial score (nSPS) is 10.5. The molecule has 0 aliphatic rings. The molecule has 0 aromatic heterocycles. The molecule has 0 N–H and O–H groups in total. The number of thioether (sulfide) groups is 1. The van der Waals surface area contributed by atoms with Gasteiger partial charge in [-0.2, -0.15) is 0 Å². The van der Waals surface area contributed by atoms with Crippen LogP contribution in [-0.2, 0) is 0 Å². The second-order valence-corrected chi connectivity index (χ2v) is 5.56. The number of hydrogen-bond acceptors (Lipinski definition) is 2. The van der Waals surface area contributed by atoms with Gasteiger partial charge in [-0.1, -0.05) is 29.3 Å². The van der Waals surface area contributed by atoms with Gasteiger partial charge in [-0.3, -0.25) is 4.79 Å². The van der Waals surface area contributed by atoms with Gasteiger partial charge in [0.25, 0.3) is 0 Å². The number of Topliss-reactive ketones (excluding diaryl/α,β-unsaturated/α-hetero) is 1. The molecule has 0 atom stereocenters. The second kappa shape index (κ2) is 6.02. The smallest absolute Gasteiger partial charge is 0.176 e. The van der Waals surface area contributed by atoms with Crippen LogP contribution in [-0.4, -0.2) is 11.5 Å². The van der Waals surface area contributed by atoms with Crippen molar-refractivity contribution in [2.75, 3.05) is 5.75 Å². The average Bonchev–Trinajstić information content (AvgIpc) is 2.40. The summed E-state index contributed by atoms with van der Waals surface area (Å²) in [5.41, 5.74) is 2.25. The zero-order chi connectivity index (χ0) is 13.8. The van der Waals surface area contributed by atoms with Gasteiger partial charge in [-0.25, -0.2) is 4.39 Å². The first-order valence-corrected chi connectivity index (χ1v) is 7.03. The van der Waals surface area contributed by atoms with E-state index in [9.17, 15) is 9.18 Å². The summed E-state index contributed by atoms with van der Waals surface area (Å²) in [4.78, 5) is 13.0. The molecule has 0 unspecified atom stereocenters. The number of carbonyl (C=O) groups is 1. The Morgan fingerprint density at radius 3 is 2.37 bits per heavy atom. The SMILES string of the molecule is Cc1ccc(SCC(=O)c2cc(C)ccc2F)cc1. The number of aryl methyl sites for hydroxylation is 2. The third-order valence-electron chi connectivity index (χ3n) is 2.81. The highest BCUT2D eigenvalue weighted by atomic mass is 32.2. The van der Waals surface area contributed by atoms with E-state index in [0.717, 1.165) is 10.5 Å². The highest BCUT2D eigenvalue weighted by Gasteiger charge is 2.12. The quantitative estimate of drug-likeness (QED) is 0.606. The molecule has 0 fully saturated rings. The third-order valence-corrected chi connectivity index (χ3v) is 3.83. The van der Waals surface area contributed by atoms with E-state index in [1.165, 1.54) is 23.4 Å². The first-order valence-electron chi connectivity index (χ1n) is 6.05. The first-order chi connectivity index (χ1) is 9.06. The zero-order valence-corrected chi connectivity index (χ0v) is 11.8. The van der Waals surface area contributed by atoms with E-state index >= 15 is 0 Å². The fraction of sp³-hybridized carbons (Fsp3) is 0.188. The van der Waals surface area contributed by atoms with Crippen molar-refractivity contribution in [2.24, 2.45) is 0 Å². The molecule has 19 heavy (non-hydrogen) atoms. The van der Waals surface area contributed by atoms with Gasteiger partial charge < -0.3 is 0 Å². The molecule has 0 saturated heterocycles. The summed E-state index contributed by atoms with van der Waals surface area (Å²) in [6.07, 6.45) is 0. The fourth-order valence-corrected chi connectivity index (χ4v) is 2.50. The summed E-state index contributed by atoms with van der Waals surface area (Å²) in [5, 5.41) is 0. The molecule has 0 saturated carbocycles. The standard InChI is InChI=1S/C16H15FOS/c1-11-3-6-13(7-4-11)19-10-16(18)14-9-12(2)5-8-15(14)17/h3-9H,10H2,1-2H3. The largest absolute Gasteiger partial charge is 0.293 e. The number of rotatable bonds is 4. The summed E-state index contributed by atoms with van der Waals surface area (Å²) in [6.45, 7) is 3.87. The lowest BCUT2D eigenvalue weighted by Crippen LogP contribution is -2.05. The molecule has 1 nitrogen and oxygen atoms in total. The van der Waals surface area contributed by atoms with Crippen LogP contribution in [0.15, 0.2) is 47.4 Å². The number of hydrogen-bond donors (Lipinski definition) is 0. The first kappa shape index (κ1) is 13.8. The minimum absolute atomic E-state index is 0.174. The summed E-state index contributed by atoms with van der Waals surface area (Å²) in [5.74, 6) is -0.365. The van der Waals surface area contributed by atoms with Crippen molar-refractivity contribution in [1.29, 1.82) is 0 Å². The van der Waals surface area contributed by atoms with Gasteiger partial charge >= 0.3 is 0 Å². The van der Waals surface area contributed by atoms with Crippen LogP contribution in [0.25, 0.3) is 0 Å². The van der Waals surface area contributed by atoms with E-state index in [2.05, 4.69) is 0 Å². The lowest BCUT2D eigenvalue weighted by atomic mass is 10.1. The van der Waals surface area contributed by atoms with E-state index < -0.39 is 5.82 Å². The summed E-state index contributed by atoms with van der Waals surface area (Å²) in [7, 11) is 0. The van der Waals surface area contributed by atoms with Gasteiger partial charge in [0.05, 0.1) is 11.3 Å². The minimum atomic E-state index is -0.444. The molecule has 0 amide bonds. The van der Waals surface area contributed by atoms with E-state index in [-0.39, 0.29) is 17.1 Å². The highest BCUT2D eigenvalue weighted by Crippen LogP contribution is 2.21. The minimum Gasteiger partial charge on any atom is -0.293 e. The van der Waals surface area contributed by atoms with E-state index in [1.54, 1.807) is 12.1 Å². The van der Waals surface area contributed by atoms with Crippen LogP contribution in [0.3, 0.4) is 0 Å². The van der Waals surface area contributed by atoms with Crippen LogP contribution >= 0.6 is 11.8 Å². The molecule has 0 radical (unpaired) electrons. The van der Waals surface area contributed by atoms with Crippen molar-refractivity contribution < 1.29 is 9.18 Å². The van der Waals surface area contributed by atoms with E-state index in [1.807, 2.05) is 38.1 Å². The monoisotopic (exact) mass is 274 g/mol. The summed E-state index contributed by atoms with van der Waals surface area (Å²) >= 11 is 1.43. The molecule has 2 aromatic carbocycles. The maximum atomic E-state index is 13.6. The van der Waals surface area contributed by atoms with Crippen LogP contribution in [0.1, 0.15) is 21.5 Å². The topological polar surface area (TPSA) is 17.1 Å². The molecule has 2 aromatic rings. The van der Waals surface area contributed by atoms with Crippen LogP contribution in [0.5, 0.6) is 0 Å². The predicted molar refractivity (Wildman–Crippen MR) is 77.4 cm³/mol. The van der Waals surface area contributed by atoms with Crippen LogP contribution in [0.2, 0.25) is 0 Å². The maximum absolute atomic E-state index is 13.6. The number of carbonyl (C=O) groups excluding carboxylic acids is 1. The van der Waals surface area contributed by atoms with Crippen molar-refractivity contribution in [3.63, 3.8) is 0 Å². The predicted octanol–water partition coefficient (Wildman–Crippen LogP) is 4.42. The highest BCUT2D eigenvalue weighted by molar-refractivity contribution is 8.00. The third kappa shape index (κ3) is 3.67. The number of benzene rings is 2. The van der Waals surface area contributed by atoms with Gasteiger partial charge in [0.15, 0.2) is 5.78 Å². The van der Waals surface area contributed by atoms with Crippen LogP contribution in [0, 0.1) is 19.7 Å². The van der Waals surface area contributed by atoms with Crippen molar-refractivity contribution in [3.8, 4) is 0 Å². The number of ketones is 1. The van der Waals surface area contributed by atoms with E-state index in [4.69, 9.17) is 0 Å². The maximum Gasteiger partial charge on any atom is 0.176 e. The average molecular weight is 274 g/mol. The molecular formula is C16H15FOS.